The molecule has 19 heavy (non-hydrogen) atoms. The highest BCUT2D eigenvalue weighted by Crippen LogP contribution is 2.11. The molecule has 0 saturated carbocycles. The van der Waals surface area contributed by atoms with Crippen LogP contribution in [0.2, 0.25) is 0 Å². The van der Waals surface area contributed by atoms with Gasteiger partial charge in [-0.3, -0.25) is 0 Å². The molecule has 7 nitrogen and oxygen atoms in total. The van der Waals surface area contributed by atoms with Crippen molar-refractivity contribution in [3.05, 3.63) is 17.7 Å². The lowest BCUT2D eigenvalue weighted by molar-refractivity contribution is 0.411. The van der Waals surface area contributed by atoms with Crippen molar-refractivity contribution in [1.82, 2.24) is 15.3 Å². The molecule has 0 radical (unpaired) electrons. The highest BCUT2D eigenvalue weighted by molar-refractivity contribution is 7.98. The number of amidine groups is 1. The highest BCUT2D eigenvalue weighted by atomic mass is 32.2. The molecule has 0 spiro atoms. The maximum absolute atomic E-state index is 11.1. The van der Waals surface area contributed by atoms with Gasteiger partial charge >= 0.3 is 0 Å². The standard InChI is InChI=1S/C10H15N5O2S2/c1-7-8(13-6-12-7)5-18-4-3-11-9-10(17-2)15-19(16)14-9/h6H,3-5H2,1-2H3,(H,11,14)(H,12,13). The molecule has 1 aliphatic rings. The number of hydrogen-bond donors (Lipinski definition) is 2. The molecule has 1 aliphatic heterocycles. The fraction of sp³-hybridized carbons (Fsp3) is 0.500. The Balaban J connectivity index is 1.68. The Bertz CT molecular complexity index is 526. The molecule has 2 heterocycles. The van der Waals surface area contributed by atoms with E-state index in [0.29, 0.717) is 18.3 Å². The normalized spacial score (nSPS) is 18.1. The second-order valence-electron chi connectivity index (χ2n) is 3.72. The number of ether oxygens (including phenoxy) is 1. The Morgan fingerprint density at radius 3 is 3.05 bits per heavy atom. The molecule has 0 bridgehead atoms. The number of aromatic amines is 1. The number of rotatable bonds is 5. The predicted molar refractivity (Wildman–Crippen MR) is 77.5 cm³/mol. The van der Waals surface area contributed by atoms with Crippen molar-refractivity contribution >= 4 is 34.7 Å². The maximum Gasteiger partial charge on any atom is 0.271 e. The quantitative estimate of drug-likeness (QED) is 0.776. The van der Waals surface area contributed by atoms with Crippen molar-refractivity contribution in [3.8, 4) is 0 Å². The van der Waals surface area contributed by atoms with Gasteiger partial charge in [0.2, 0.25) is 5.84 Å². The first kappa shape index (κ1) is 14.1. The number of methoxy groups -OCH3 is 1. The summed E-state index contributed by atoms with van der Waals surface area (Å²) < 4.78 is 23.6. The minimum atomic E-state index is -1.55. The third-order valence-corrected chi connectivity index (χ3v) is 4.07. The Hall–Kier alpha value is -1.35. The molecule has 2 rings (SSSR count). The fourth-order valence-electron chi connectivity index (χ4n) is 1.44. The summed E-state index contributed by atoms with van der Waals surface area (Å²) in [6, 6.07) is 0. The molecule has 0 aliphatic carbocycles. The Morgan fingerprint density at radius 2 is 2.37 bits per heavy atom. The van der Waals surface area contributed by atoms with E-state index in [0.717, 1.165) is 22.9 Å². The molecule has 0 fully saturated rings. The summed E-state index contributed by atoms with van der Waals surface area (Å²) in [6.07, 6.45) is 1.70. The summed E-state index contributed by atoms with van der Waals surface area (Å²) in [7, 11) is 1.48. The molecule has 9 heteroatoms. The minimum Gasteiger partial charge on any atom is -0.478 e. The Kier molecular flexibility index (Phi) is 4.97. The summed E-state index contributed by atoms with van der Waals surface area (Å²) in [5, 5.41) is 3.06. The van der Waals surface area contributed by atoms with E-state index in [-0.39, 0.29) is 0 Å². The zero-order valence-corrected chi connectivity index (χ0v) is 12.3. The van der Waals surface area contributed by atoms with Gasteiger partial charge in [0.25, 0.3) is 17.1 Å². The lowest BCUT2D eigenvalue weighted by atomic mass is 10.4. The van der Waals surface area contributed by atoms with Crippen LogP contribution in [0, 0.1) is 6.92 Å². The molecule has 2 N–H and O–H groups in total. The summed E-state index contributed by atoms with van der Waals surface area (Å²) in [4.78, 5) is 7.27. The highest BCUT2D eigenvalue weighted by Gasteiger charge is 2.18. The minimum absolute atomic E-state index is 0.298. The number of imidazole rings is 1. The molecule has 1 aromatic rings. The van der Waals surface area contributed by atoms with Crippen molar-refractivity contribution in [1.29, 1.82) is 0 Å². The first-order valence-corrected chi connectivity index (χ1v) is 7.86. The van der Waals surface area contributed by atoms with Crippen molar-refractivity contribution in [2.45, 2.75) is 12.7 Å². The molecule has 0 aromatic carbocycles. The smallest absolute Gasteiger partial charge is 0.271 e. The van der Waals surface area contributed by atoms with E-state index >= 15 is 0 Å². The van der Waals surface area contributed by atoms with Gasteiger partial charge in [-0.05, 0) is 6.92 Å². The summed E-state index contributed by atoms with van der Waals surface area (Å²) >= 11 is 0.212. The second-order valence-corrected chi connectivity index (χ2v) is 5.66. The van der Waals surface area contributed by atoms with Gasteiger partial charge in [0.15, 0.2) is 0 Å². The van der Waals surface area contributed by atoms with Gasteiger partial charge in [-0.25, -0.2) is 9.19 Å². The molecule has 1 aromatic heterocycles. The van der Waals surface area contributed by atoms with Crippen molar-refractivity contribution in [2.75, 3.05) is 19.4 Å². The van der Waals surface area contributed by atoms with E-state index in [1.165, 1.54) is 7.11 Å². The Labute approximate surface area is 118 Å². The molecule has 1 atom stereocenters. The van der Waals surface area contributed by atoms with Crippen LogP contribution in [0.5, 0.6) is 0 Å². The van der Waals surface area contributed by atoms with Gasteiger partial charge in [0, 0.05) is 23.7 Å². The van der Waals surface area contributed by atoms with Crippen LogP contribution in [0.25, 0.3) is 0 Å². The van der Waals surface area contributed by atoms with Crippen molar-refractivity contribution in [3.63, 3.8) is 0 Å². The third kappa shape index (κ3) is 3.80. The summed E-state index contributed by atoms with van der Waals surface area (Å²) in [5.41, 5.74) is 2.17. The van der Waals surface area contributed by atoms with Gasteiger partial charge in [-0.15, -0.1) is 8.80 Å². The van der Waals surface area contributed by atoms with Crippen LogP contribution >= 0.6 is 11.8 Å². The van der Waals surface area contributed by atoms with Gasteiger partial charge in [-0.1, -0.05) is 0 Å². The van der Waals surface area contributed by atoms with Crippen LogP contribution in [0.15, 0.2) is 15.1 Å². The van der Waals surface area contributed by atoms with E-state index in [4.69, 9.17) is 4.74 Å². The van der Waals surface area contributed by atoms with Gasteiger partial charge in [0.05, 0.1) is 19.1 Å². The number of aryl methyl sites for hydroxylation is 1. The largest absolute Gasteiger partial charge is 0.478 e. The van der Waals surface area contributed by atoms with Crippen molar-refractivity contribution in [2.24, 2.45) is 8.80 Å². The predicted octanol–water partition coefficient (Wildman–Crippen LogP) is 0.577. The first-order chi connectivity index (χ1) is 9.20. The number of thioether (sulfide) groups is 1. The lowest BCUT2D eigenvalue weighted by Gasteiger charge is -2.06. The zero-order chi connectivity index (χ0) is 13.7. The van der Waals surface area contributed by atoms with Gasteiger partial charge in [0.1, 0.15) is 0 Å². The topological polar surface area (TPSA) is 91.7 Å². The molecule has 1 unspecified atom stereocenters. The summed E-state index contributed by atoms with van der Waals surface area (Å²) in [5.74, 6) is 2.50. The van der Waals surface area contributed by atoms with Crippen LogP contribution in [0.3, 0.4) is 0 Å². The zero-order valence-electron chi connectivity index (χ0n) is 10.7. The first-order valence-electron chi connectivity index (χ1n) is 5.65. The lowest BCUT2D eigenvalue weighted by Crippen LogP contribution is -2.32. The number of hydrogen-bond acceptors (Lipinski definition) is 5. The van der Waals surface area contributed by atoms with E-state index in [1.54, 1.807) is 18.1 Å². The fourth-order valence-corrected chi connectivity index (χ4v) is 2.95. The average molecular weight is 301 g/mol. The maximum atomic E-state index is 11.1. The second kappa shape index (κ2) is 6.71. The van der Waals surface area contributed by atoms with Crippen molar-refractivity contribution < 1.29 is 8.95 Å². The number of nitrogens with one attached hydrogen (secondary N) is 2. The Morgan fingerprint density at radius 1 is 1.53 bits per heavy atom. The van der Waals surface area contributed by atoms with E-state index < -0.39 is 11.2 Å². The van der Waals surface area contributed by atoms with E-state index in [1.807, 2.05) is 6.92 Å². The molecule has 0 amide bonds. The molecular formula is C10H15N5O2S2. The van der Waals surface area contributed by atoms with E-state index in [2.05, 4.69) is 24.1 Å². The third-order valence-electron chi connectivity index (χ3n) is 2.44. The molecule has 104 valence electrons. The van der Waals surface area contributed by atoms with Gasteiger partial charge in [-0.2, -0.15) is 11.8 Å². The number of aromatic nitrogens is 2. The van der Waals surface area contributed by atoms with Crippen LogP contribution in [0.4, 0.5) is 0 Å². The van der Waals surface area contributed by atoms with Gasteiger partial charge < -0.3 is 15.0 Å². The van der Waals surface area contributed by atoms with Crippen LogP contribution < -0.4 is 5.32 Å². The molecular weight excluding hydrogens is 286 g/mol. The van der Waals surface area contributed by atoms with Crippen LogP contribution in [0.1, 0.15) is 11.4 Å². The molecule has 0 saturated heterocycles. The summed E-state index contributed by atoms with van der Waals surface area (Å²) in [6.45, 7) is 2.71. The van der Waals surface area contributed by atoms with E-state index in [9.17, 15) is 4.21 Å². The number of nitrogens with zero attached hydrogens (tertiary/aromatic N) is 3. The monoisotopic (exact) mass is 301 g/mol. The van der Waals surface area contributed by atoms with Crippen LogP contribution in [-0.2, 0) is 21.7 Å². The van der Waals surface area contributed by atoms with Crippen LogP contribution in [-0.4, -0.2) is 45.3 Å². The average Bonchev–Trinajstić information content (AvgIpc) is 2.95. The SMILES string of the molecule is COC1=NS(=O)N=C1NCCSCc1nc[nH]c1C. The number of H-pyrrole nitrogens is 1.